The molecule has 1 unspecified atom stereocenters. The van der Waals surface area contributed by atoms with Gasteiger partial charge in [0.15, 0.2) is 5.69 Å². The number of carboxylic acids is 1. The van der Waals surface area contributed by atoms with Crippen LogP contribution in [0.5, 0.6) is 0 Å². The predicted octanol–water partition coefficient (Wildman–Crippen LogP) is 0.374. The number of likely N-dealkylation sites (tertiary alicyclic amines) is 1. The van der Waals surface area contributed by atoms with Gasteiger partial charge in [-0.15, -0.1) is 11.3 Å². The zero-order valence-corrected chi connectivity index (χ0v) is 11.9. The van der Waals surface area contributed by atoms with Gasteiger partial charge < -0.3 is 21.1 Å². The summed E-state index contributed by atoms with van der Waals surface area (Å²) in [5.41, 5.74) is 5.64. The number of amides is 2. The Morgan fingerprint density at radius 1 is 1.60 bits per heavy atom. The minimum Gasteiger partial charge on any atom is -0.476 e. The van der Waals surface area contributed by atoms with Crippen LogP contribution in [-0.4, -0.2) is 53.2 Å². The molecule has 2 rings (SSSR count). The Kier molecular flexibility index (Phi) is 4.91. The maximum Gasteiger partial charge on any atom is 0.355 e. The third-order valence-corrected chi connectivity index (χ3v) is 4.20. The maximum atomic E-state index is 11.9. The number of hydrogen-bond donors (Lipinski definition) is 3. The van der Waals surface area contributed by atoms with Crippen molar-refractivity contribution >= 4 is 23.3 Å². The third-order valence-electron chi connectivity index (χ3n) is 3.29. The molecule has 1 aromatic rings. The van der Waals surface area contributed by atoms with E-state index in [1.807, 2.05) is 0 Å². The number of carbonyl (C=O) groups excluding carboxylic acids is 1. The van der Waals surface area contributed by atoms with Crippen LogP contribution in [-0.2, 0) is 6.42 Å². The lowest BCUT2D eigenvalue weighted by Gasteiger charge is -2.16. The lowest BCUT2D eigenvalue weighted by Crippen LogP contribution is -2.39. The molecule has 8 heteroatoms. The molecule has 0 aliphatic carbocycles. The van der Waals surface area contributed by atoms with Gasteiger partial charge in [-0.05, 0) is 18.9 Å². The first-order valence-electron chi connectivity index (χ1n) is 6.50. The van der Waals surface area contributed by atoms with Gasteiger partial charge in [-0.25, -0.2) is 14.6 Å². The standard InChI is InChI=1S/C12H18N4O3S/c13-5-8-2-4-16(6-8)12(19)14-3-1-10-15-9(7-20-10)11(17)18/h7-8H,1-6,13H2,(H,14,19)(H,17,18). The van der Waals surface area contributed by atoms with Gasteiger partial charge in [-0.3, -0.25) is 0 Å². The molecule has 1 aliphatic rings. The zero-order valence-electron chi connectivity index (χ0n) is 11.0. The lowest BCUT2D eigenvalue weighted by atomic mass is 10.1. The van der Waals surface area contributed by atoms with E-state index >= 15 is 0 Å². The molecule has 1 fully saturated rings. The summed E-state index contributed by atoms with van der Waals surface area (Å²) in [5.74, 6) is -0.626. The molecule has 1 aliphatic heterocycles. The molecule has 1 aromatic heterocycles. The molecule has 2 amide bonds. The van der Waals surface area contributed by atoms with Crippen molar-refractivity contribution < 1.29 is 14.7 Å². The quantitative estimate of drug-likeness (QED) is 0.728. The summed E-state index contributed by atoms with van der Waals surface area (Å²) in [5, 5.41) is 13.8. The first kappa shape index (κ1) is 14.7. The third kappa shape index (κ3) is 3.67. The summed E-state index contributed by atoms with van der Waals surface area (Å²) < 4.78 is 0. The van der Waals surface area contributed by atoms with Gasteiger partial charge in [-0.1, -0.05) is 0 Å². The van der Waals surface area contributed by atoms with Gasteiger partial charge in [0, 0.05) is 31.4 Å². The van der Waals surface area contributed by atoms with Crippen molar-refractivity contribution in [2.45, 2.75) is 12.8 Å². The highest BCUT2D eigenvalue weighted by atomic mass is 32.1. The molecule has 0 spiro atoms. The van der Waals surface area contributed by atoms with E-state index in [1.54, 1.807) is 4.90 Å². The molecular weight excluding hydrogens is 280 g/mol. The van der Waals surface area contributed by atoms with E-state index in [0.29, 0.717) is 37.0 Å². The van der Waals surface area contributed by atoms with Crippen molar-refractivity contribution in [3.8, 4) is 0 Å². The van der Waals surface area contributed by atoms with Gasteiger partial charge in [0.1, 0.15) is 0 Å². The fourth-order valence-electron chi connectivity index (χ4n) is 2.12. The van der Waals surface area contributed by atoms with Gasteiger partial charge in [0.05, 0.1) is 5.01 Å². The smallest absolute Gasteiger partial charge is 0.355 e. The van der Waals surface area contributed by atoms with Crippen molar-refractivity contribution in [1.29, 1.82) is 0 Å². The van der Waals surface area contributed by atoms with E-state index in [9.17, 15) is 9.59 Å². The zero-order chi connectivity index (χ0) is 14.5. The normalized spacial score (nSPS) is 18.2. The average Bonchev–Trinajstić information content (AvgIpc) is 3.07. The number of aromatic nitrogens is 1. The summed E-state index contributed by atoms with van der Waals surface area (Å²) in [6, 6.07) is -0.0871. The Bertz CT molecular complexity index is 491. The largest absolute Gasteiger partial charge is 0.476 e. The fourth-order valence-corrected chi connectivity index (χ4v) is 2.89. The molecule has 2 heterocycles. The van der Waals surface area contributed by atoms with E-state index in [2.05, 4.69) is 10.3 Å². The maximum absolute atomic E-state index is 11.9. The highest BCUT2D eigenvalue weighted by molar-refractivity contribution is 7.09. The first-order valence-corrected chi connectivity index (χ1v) is 7.38. The van der Waals surface area contributed by atoms with E-state index < -0.39 is 5.97 Å². The van der Waals surface area contributed by atoms with Crippen molar-refractivity contribution in [2.75, 3.05) is 26.2 Å². The van der Waals surface area contributed by atoms with Gasteiger partial charge in [0.25, 0.3) is 0 Å². The van der Waals surface area contributed by atoms with Gasteiger partial charge in [0.2, 0.25) is 0 Å². The Balaban J connectivity index is 1.72. The van der Waals surface area contributed by atoms with E-state index in [4.69, 9.17) is 10.8 Å². The molecule has 1 atom stereocenters. The lowest BCUT2D eigenvalue weighted by molar-refractivity contribution is 0.0691. The second-order valence-corrected chi connectivity index (χ2v) is 5.69. The van der Waals surface area contributed by atoms with Crippen molar-refractivity contribution in [3.05, 3.63) is 16.1 Å². The number of carbonyl (C=O) groups is 2. The topological polar surface area (TPSA) is 109 Å². The summed E-state index contributed by atoms with van der Waals surface area (Å²) in [4.78, 5) is 28.3. The molecule has 0 radical (unpaired) electrons. The highest BCUT2D eigenvalue weighted by Crippen LogP contribution is 2.14. The molecular formula is C12H18N4O3S. The van der Waals surface area contributed by atoms with E-state index in [0.717, 1.165) is 13.0 Å². The molecule has 110 valence electrons. The van der Waals surface area contributed by atoms with Crippen LogP contribution in [0.25, 0.3) is 0 Å². The second-order valence-electron chi connectivity index (χ2n) is 4.75. The average molecular weight is 298 g/mol. The predicted molar refractivity (Wildman–Crippen MR) is 74.9 cm³/mol. The minimum atomic E-state index is -1.03. The number of thiazole rings is 1. The molecule has 0 bridgehead atoms. The molecule has 1 saturated heterocycles. The van der Waals surface area contributed by atoms with Crippen LogP contribution >= 0.6 is 11.3 Å². The molecule has 0 saturated carbocycles. The first-order chi connectivity index (χ1) is 9.60. The molecule has 4 N–H and O–H groups in total. The number of urea groups is 1. The van der Waals surface area contributed by atoms with Crippen molar-refractivity contribution in [2.24, 2.45) is 11.7 Å². The Morgan fingerprint density at radius 3 is 3.00 bits per heavy atom. The Hall–Kier alpha value is -1.67. The van der Waals surface area contributed by atoms with E-state index in [1.165, 1.54) is 16.7 Å². The summed E-state index contributed by atoms with van der Waals surface area (Å²) in [6.07, 6.45) is 1.50. The van der Waals surface area contributed by atoms with Crippen LogP contribution < -0.4 is 11.1 Å². The highest BCUT2D eigenvalue weighted by Gasteiger charge is 2.24. The summed E-state index contributed by atoms with van der Waals surface area (Å²) in [7, 11) is 0. The number of rotatable bonds is 5. The minimum absolute atomic E-state index is 0.0571. The Labute approximate surface area is 120 Å². The summed E-state index contributed by atoms with van der Waals surface area (Å²) >= 11 is 1.29. The Morgan fingerprint density at radius 2 is 2.40 bits per heavy atom. The van der Waals surface area contributed by atoms with Crippen LogP contribution in [0.4, 0.5) is 4.79 Å². The van der Waals surface area contributed by atoms with Crippen molar-refractivity contribution in [3.63, 3.8) is 0 Å². The monoisotopic (exact) mass is 298 g/mol. The molecule has 7 nitrogen and oxygen atoms in total. The van der Waals surface area contributed by atoms with Crippen LogP contribution in [0.1, 0.15) is 21.9 Å². The molecule has 0 aromatic carbocycles. The van der Waals surface area contributed by atoms with Gasteiger partial charge >= 0.3 is 12.0 Å². The molecule has 20 heavy (non-hydrogen) atoms. The number of nitrogens with zero attached hydrogens (tertiary/aromatic N) is 2. The van der Waals surface area contributed by atoms with Crippen LogP contribution in [0.15, 0.2) is 5.38 Å². The number of nitrogens with one attached hydrogen (secondary N) is 1. The van der Waals surface area contributed by atoms with Gasteiger partial charge in [-0.2, -0.15) is 0 Å². The van der Waals surface area contributed by atoms with Crippen LogP contribution in [0, 0.1) is 5.92 Å². The number of hydrogen-bond acceptors (Lipinski definition) is 5. The number of aromatic carboxylic acids is 1. The van der Waals surface area contributed by atoms with E-state index in [-0.39, 0.29) is 11.7 Å². The second kappa shape index (κ2) is 6.67. The summed E-state index contributed by atoms with van der Waals surface area (Å²) in [6.45, 7) is 2.52. The number of carboxylic acid groups (broad SMARTS) is 1. The van der Waals surface area contributed by atoms with Crippen molar-refractivity contribution in [1.82, 2.24) is 15.2 Å². The van der Waals surface area contributed by atoms with Crippen LogP contribution in [0.3, 0.4) is 0 Å². The number of nitrogens with two attached hydrogens (primary N) is 1. The van der Waals surface area contributed by atoms with Crippen LogP contribution in [0.2, 0.25) is 0 Å². The fraction of sp³-hybridized carbons (Fsp3) is 0.583. The SMILES string of the molecule is NCC1CCN(C(=O)NCCc2nc(C(=O)O)cs2)C1.